The summed E-state index contributed by atoms with van der Waals surface area (Å²) < 4.78 is 1.74. The van der Waals surface area contributed by atoms with Gasteiger partial charge in [-0.1, -0.05) is 0 Å². The predicted octanol–water partition coefficient (Wildman–Crippen LogP) is 1.09. The molecule has 100 valence electrons. The molecule has 7 heteroatoms. The quantitative estimate of drug-likeness (QED) is 0.851. The van der Waals surface area contributed by atoms with Gasteiger partial charge in [-0.2, -0.15) is 5.10 Å². The summed E-state index contributed by atoms with van der Waals surface area (Å²) in [6.07, 6.45) is 1.72. The fraction of sp³-hybridized carbons (Fsp3) is 0.545. The largest absolute Gasteiger partial charge is 0.377 e. The van der Waals surface area contributed by atoms with Crippen LogP contribution in [0.4, 0.5) is 5.69 Å². The van der Waals surface area contributed by atoms with Crippen molar-refractivity contribution >= 4 is 27.5 Å². The Morgan fingerprint density at radius 2 is 2.22 bits per heavy atom. The van der Waals surface area contributed by atoms with Crippen LogP contribution < -0.4 is 16.6 Å². The van der Waals surface area contributed by atoms with Crippen molar-refractivity contribution in [2.24, 2.45) is 5.73 Å². The van der Waals surface area contributed by atoms with Crippen molar-refractivity contribution < 1.29 is 4.79 Å². The van der Waals surface area contributed by atoms with E-state index < -0.39 is 11.4 Å². The molecule has 0 fully saturated rings. The van der Waals surface area contributed by atoms with Crippen molar-refractivity contribution in [1.82, 2.24) is 9.78 Å². The number of aromatic nitrogens is 2. The minimum atomic E-state index is -0.541. The van der Waals surface area contributed by atoms with Gasteiger partial charge in [0.05, 0.1) is 11.9 Å². The highest BCUT2D eigenvalue weighted by molar-refractivity contribution is 9.10. The van der Waals surface area contributed by atoms with Gasteiger partial charge in [0.2, 0.25) is 5.91 Å². The number of amides is 1. The van der Waals surface area contributed by atoms with E-state index >= 15 is 0 Å². The van der Waals surface area contributed by atoms with E-state index in [2.05, 4.69) is 26.3 Å². The number of nitrogens with two attached hydrogens (primary N) is 1. The molecule has 0 atom stereocenters. The lowest BCUT2D eigenvalue weighted by Gasteiger charge is -2.26. The van der Waals surface area contributed by atoms with Crippen molar-refractivity contribution in [2.45, 2.75) is 39.3 Å². The number of nitrogens with one attached hydrogen (secondary N) is 1. The van der Waals surface area contributed by atoms with Gasteiger partial charge in [-0.15, -0.1) is 0 Å². The lowest BCUT2D eigenvalue weighted by atomic mass is 10.00. The smallest absolute Gasteiger partial charge is 0.283 e. The van der Waals surface area contributed by atoms with Gasteiger partial charge in [0.15, 0.2) is 0 Å². The Labute approximate surface area is 114 Å². The Morgan fingerprint density at radius 3 is 2.72 bits per heavy atom. The number of hydrogen-bond acceptors (Lipinski definition) is 4. The predicted molar refractivity (Wildman–Crippen MR) is 73.4 cm³/mol. The number of hydrogen-bond donors (Lipinski definition) is 2. The average Bonchev–Trinajstić information content (AvgIpc) is 2.23. The Balaban J connectivity index is 3.02. The Hall–Kier alpha value is -1.37. The lowest BCUT2D eigenvalue weighted by molar-refractivity contribution is -0.118. The van der Waals surface area contributed by atoms with Gasteiger partial charge >= 0.3 is 0 Å². The topological polar surface area (TPSA) is 90.0 Å². The first kappa shape index (κ1) is 14.7. The molecule has 1 rings (SSSR count). The van der Waals surface area contributed by atoms with E-state index in [1.165, 1.54) is 4.68 Å². The first-order chi connectivity index (χ1) is 8.26. The third-order valence-corrected chi connectivity index (χ3v) is 3.14. The molecule has 3 N–H and O–H groups in total. The highest BCUT2D eigenvalue weighted by Gasteiger charge is 2.22. The average molecular weight is 317 g/mol. The first-order valence-electron chi connectivity index (χ1n) is 5.59. The minimum Gasteiger partial charge on any atom is -0.377 e. The van der Waals surface area contributed by atoms with Crippen LogP contribution in [-0.4, -0.2) is 21.2 Å². The van der Waals surface area contributed by atoms with Crippen LogP contribution in [0, 0.1) is 0 Å². The molecular formula is C11H17BrN4O2. The molecule has 0 aliphatic rings. The van der Waals surface area contributed by atoms with Crippen LogP contribution in [0.15, 0.2) is 15.5 Å². The number of primary amides is 1. The monoisotopic (exact) mass is 316 g/mol. The molecule has 0 aromatic carbocycles. The molecule has 6 nitrogen and oxygen atoms in total. The van der Waals surface area contributed by atoms with Crippen molar-refractivity contribution in [3.8, 4) is 0 Å². The number of nitrogens with zero attached hydrogens (tertiary/aromatic N) is 2. The van der Waals surface area contributed by atoms with Crippen LogP contribution in [0.1, 0.15) is 27.2 Å². The zero-order valence-corrected chi connectivity index (χ0v) is 12.2. The number of anilines is 1. The number of carbonyl (C=O) groups is 1. The van der Waals surface area contributed by atoms with Gasteiger partial charge in [-0.3, -0.25) is 9.59 Å². The molecule has 0 spiro atoms. The van der Waals surface area contributed by atoms with E-state index in [0.29, 0.717) is 16.7 Å². The maximum atomic E-state index is 11.9. The highest BCUT2D eigenvalue weighted by Crippen LogP contribution is 2.22. The zero-order chi connectivity index (χ0) is 13.9. The summed E-state index contributed by atoms with van der Waals surface area (Å²) in [5, 5.41) is 7.10. The van der Waals surface area contributed by atoms with Crippen molar-refractivity contribution in [1.29, 1.82) is 0 Å². The summed E-state index contributed by atoms with van der Waals surface area (Å²) in [5.74, 6) is -0.404. The fourth-order valence-corrected chi connectivity index (χ4v) is 2.03. The highest BCUT2D eigenvalue weighted by atomic mass is 79.9. The standard InChI is InChI=1S/C11H17BrN4O2/c1-4-16-10(18)9(12)7(6-14-16)15-11(2,3)5-8(13)17/h6,15H,4-5H2,1-3H3,(H2,13,17). The molecule has 0 aliphatic heterocycles. The summed E-state index contributed by atoms with van der Waals surface area (Å²) in [7, 11) is 0. The van der Waals surface area contributed by atoms with Gasteiger partial charge in [0.25, 0.3) is 5.56 Å². The summed E-state index contributed by atoms with van der Waals surface area (Å²) >= 11 is 3.24. The normalized spacial score (nSPS) is 11.3. The molecule has 0 saturated heterocycles. The summed E-state index contributed by atoms with van der Waals surface area (Å²) in [4.78, 5) is 22.8. The molecule has 18 heavy (non-hydrogen) atoms. The van der Waals surface area contributed by atoms with Crippen molar-refractivity contribution in [3.63, 3.8) is 0 Å². The van der Waals surface area contributed by atoms with Crippen molar-refractivity contribution in [2.75, 3.05) is 5.32 Å². The summed E-state index contributed by atoms with van der Waals surface area (Å²) in [5.41, 5.74) is 4.97. The van der Waals surface area contributed by atoms with Crippen LogP contribution >= 0.6 is 15.9 Å². The van der Waals surface area contributed by atoms with Crippen LogP contribution in [0.5, 0.6) is 0 Å². The molecular weight excluding hydrogens is 300 g/mol. The zero-order valence-electron chi connectivity index (χ0n) is 10.7. The molecule has 0 unspecified atom stereocenters. The Bertz CT molecular complexity index is 510. The molecule has 0 bridgehead atoms. The summed E-state index contributed by atoms with van der Waals surface area (Å²) in [6, 6.07) is 0. The van der Waals surface area contributed by atoms with Gasteiger partial charge in [0.1, 0.15) is 4.47 Å². The molecule has 0 aliphatic carbocycles. The van der Waals surface area contributed by atoms with Gasteiger partial charge < -0.3 is 11.1 Å². The Morgan fingerprint density at radius 1 is 1.61 bits per heavy atom. The van der Waals surface area contributed by atoms with Crippen LogP contribution in [0.25, 0.3) is 0 Å². The number of halogens is 1. The maximum Gasteiger partial charge on any atom is 0.283 e. The van der Waals surface area contributed by atoms with Crippen LogP contribution in [0.2, 0.25) is 0 Å². The number of aryl methyl sites for hydroxylation is 1. The van der Waals surface area contributed by atoms with E-state index in [1.807, 2.05) is 20.8 Å². The molecule has 0 radical (unpaired) electrons. The SMILES string of the molecule is CCn1ncc(NC(C)(C)CC(N)=O)c(Br)c1=O. The first-order valence-corrected chi connectivity index (χ1v) is 6.38. The molecule has 1 heterocycles. The van der Waals surface area contributed by atoms with E-state index in [-0.39, 0.29) is 12.0 Å². The lowest BCUT2D eigenvalue weighted by Crippen LogP contribution is -2.37. The fourth-order valence-electron chi connectivity index (χ4n) is 1.62. The third-order valence-electron chi connectivity index (χ3n) is 2.37. The van der Waals surface area contributed by atoms with E-state index in [4.69, 9.17) is 5.73 Å². The molecule has 1 aromatic rings. The van der Waals surface area contributed by atoms with Crippen LogP contribution in [0.3, 0.4) is 0 Å². The maximum absolute atomic E-state index is 11.9. The van der Waals surface area contributed by atoms with Gasteiger partial charge in [0, 0.05) is 18.5 Å². The second-order valence-electron chi connectivity index (χ2n) is 4.65. The number of rotatable bonds is 5. The van der Waals surface area contributed by atoms with Gasteiger partial charge in [-0.05, 0) is 36.7 Å². The van der Waals surface area contributed by atoms with E-state index in [9.17, 15) is 9.59 Å². The third kappa shape index (κ3) is 3.56. The second-order valence-corrected chi connectivity index (χ2v) is 5.44. The summed E-state index contributed by atoms with van der Waals surface area (Å²) in [6.45, 7) is 6.00. The Kier molecular flexibility index (Phi) is 4.50. The molecule has 1 amide bonds. The van der Waals surface area contributed by atoms with E-state index in [0.717, 1.165) is 0 Å². The number of carbonyl (C=O) groups excluding carboxylic acids is 1. The minimum absolute atomic E-state index is 0.163. The van der Waals surface area contributed by atoms with Gasteiger partial charge in [-0.25, -0.2) is 4.68 Å². The van der Waals surface area contributed by atoms with Crippen LogP contribution in [-0.2, 0) is 11.3 Å². The molecule has 1 aromatic heterocycles. The van der Waals surface area contributed by atoms with E-state index in [1.54, 1.807) is 6.20 Å². The second kappa shape index (κ2) is 5.51. The van der Waals surface area contributed by atoms with Crippen molar-refractivity contribution in [3.05, 3.63) is 21.0 Å². The molecule has 0 saturated carbocycles.